The van der Waals surface area contributed by atoms with Gasteiger partial charge in [0.25, 0.3) is 0 Å². The molecule has 1 fully saturated rings. The van der Waals surface area contributed by atoms with Crippen LogP contribution in [0.2, 0.25) is 0 Å². The van der Waals surface area contributed by atoms with Crippen LogP contribution in [0, 0.1) is 11.3 Å². The molecule has 34 heavy (non-hydrogen) atoms. The van der Waals surface area contributed by atoms with Gasteiger partial charge in [0.15, 0.2) is 0 Å². The third kappa shape index (κ3) is 4.63. The van der Waals surface area contributed by atoms with Crippen LogP contribution >= 0.6 is 0 Å². The molecule has 170 valence electrons. The molecule has 1 aliphatic heterocycles. The Morgan fingerprint density at radius 3 is 2.65 bits per heavy atom. The summed E-state index contributed by atoms with van der Waals surface area (Å²) in [7, 11) is 0. The molecule has 1 atom stereocenters. The Kier molecular flexibility index (Phi) is 5.97. The number of nitrogens with zero attached hydrogens (tertiary/aromatic N) is 8. The van der Waals surface area contributed by atoms with Crippen molar-refractivity contribution in [2.45, 2.75) is 32.4 Å². The molecule has 4 aromatic rings. The number of benzene rings is 1. The molecule has 9 nitrogen and oxygen atoms in total. The van der Waals surface area contributed by atoms with E-state index in [-0.39, 0.29) is 0 Å². The summed E-state index contributed by atoms with van der Waals surface area (Å²) in [4.78, 5) is 16.1. The van der Waals surface area contributed by atoms with E-state index in [0.717, 1.165) is 23.4 Å². The summed E-state index contributed by atoms with van der Waals surface area (Å²) in [5.41, 5.74) is 5.26. The quantitative estimate of drug-likeness (QED) is 0.475. The first-order valence-electron chi connectivity index (χ1n) is 11.3. The van der Waals surface area contributed by atoms with Crippen molar-refractivity contribution in [3.63, 3.8) is 0 Å². The van der Waals surface area contributed by atoms with E-state index < -0.39 is 6.10 Å². The minimum absolute atomic E-state index is 0.398. The van der Waals surface area contributed by atoms with E-state index in [9.17, 15) is 10.4 Å². The first-order chi connectivity index (χ1) is 16.6. The summed E-state index contributed by atoms with van der Waals surface area (Å²) in [6, 6.07) is 17.3. The maximum Gasteiger partial charge on any atom is 0.226 e. The Labute approximate surface area is 197 Å². The topological polar surface area (TPSA) is 117 Å². The van der Waals surface area contributed by atoms with Crippen molar-refractivity contribution < 1.29 is 5.11 Å². The number of aryl methyl sites for hydroxylation is 1. The number of anilines is 1. The molecule has 0 saturated carbocycles. The highest BCUT2D eigenvalue weighted by Crippen LogP contribution is 2.27. The van der Waals surface area contributed by atoms with Crippen LogP contribution in [0.3, 0.4) is 0 Å². The number of aromatic nitrogens is 6. The van der Waals surface area contributed by atoms with E-state index in [0.29, 0.717) is 54.6 Å². The third-order valence-corrected chi connectivity index (χ3v) is 5.80. The molecule has 0 spiro atoms. The molecule has 0 radical (unpaired) electrons. The smallest absolute Gasteiger partial charge is 0.226 e. The van der Waals surface area contributed by atoms with E-state index >= 15 is 0 Å². The summed E-state index contributed by atoms with van der Waals surface area (Å²) in [6.07, 6.45) is 3.00. The zero-order valence-corrected chi connectivity index (χ0v) is 18.8. The van der Waals surface area contributed by atoms with Gasteiger partial charge >= 0.3 is 0 Å². The van der Waals surface area contributed by atoms with Crippen molar-refractivity contribution in [1.29, 1.82) is 5.26 Å². The number of β-amino-alcohol motifs (C(OH)–C–C–N with tert-alkyl or cyclic N) is 1. The van der Waals surface area contributed by atoms with Crippen LogP contribution in [0.5, 0.6) is 0 Å². The predicted octanol–water partition coefficient (Wildman–Crippen LogP) is 2.85. The van der Waals surface area contributed by atoms with Gasteiger partial charge in [0.1, 0.15) is 5.69 Å². The van der Waals surface area contributed by atoms with Crippen molar-refractivity contribution in [3.8, 4) is 28.7 Å². The van der Waals surface area contributed by atoms with Gasteiger partial charge in [-0.2, -0.15) is 5.26 Å². The van der Waals surface area contributed by atoms with Gasteiger partial charge in [-0.25, -0.2) is 14.6 Å². The lowest BCUT2D eigenvalue weighted by Crippen LogP contribution is -2.23. The molecule has 9 heteroatoms. The van der Waals surface area contributed by atoms with Crippen LogP contribution in [0.25, 0.3) is 22.6 Å². The van der Waals surface area contributed by atoms with E-state index in [2.05, 4.69) is 28.3 Å². The molecule has 0 bridgehead atoms. The molecule has 3 aromatic heterocycles. The molecular formula is C25H24N8O. The van der Waals surface area contributed by atoms with Crippen molar-refractivity contribution in [2.24, 2.45) is 0 Å². The Hall–Kier alpha value is -4.16. The van der Waals surface area contributed by atoms with E-state index in [1.54, 1.807) is 16.8 Å². The lowest BCUT2D eigenvalue weighted by molar-refractivity contribution is 0.198. The summed E-state index contributed by atoms with van der Waals surface area (Å²) in [5.74, 6) is 0.526. The fourth-order valence-electron chi connectivity index (χ4n) is 4.00. The van der Waals surface area contributed by atoms with Gasteiger partial charge in [0, 0.05) is 24.3 Å². The molecule has 1 N–H and O–H groups in total. The number of aliphatic hydroxyl groups is 1. The molecule has 4 heterocycles. The predicted molar refractivity (Wildman–Crippen MR) is 127 cm³/mol. The highest BCUT2D eigenvalue weighted by Gasteiger charge is 2.24. The Balaban J connectivity index is 1.51. The maximum atomic E-state index is 10.0. The van der Waals surface area contributed by atoms with Gasteiger partial charge in [0.05, 0.1) is 47.6 Å². The van der Waals surface area contributed by atoms with Gasteiger partial charge in [-0.1, -0.05) is 30.3 Å². The Bertz CT molecular complexity index is 1360. The average molecular weight is 453 g/mol. The minimum atomic E-state index is -0.398. The summed E-state index contributed by atoms with van der Waals surface area (Å²) < 4.78 is 1.74. The molecule has 1 aromatic carbocycles. The van der Waals surface area contributed by atoms with Crippen LogP contribution in [0.15, 0.2) is 54.7 Å². The van der Waals surface area contributed by atoms with E-state index in [1.807, 2.05) is 47.5 Å². The second-order valence-corrected chi connectivity index (χ2v) is 8.29. The average Bonchev–Trinajstić information content (AvgIpc) is 3.53. The molecule has 5 rings (SSSR count). The second-order valence-electron chi connectivity index (χ2n) is 8.29. The van der Waals surface area contributed by atoms with Crippen LogP contribution in [0.4, 0.5) is 5.95 Å². The summed E-state index contributed by atoms with van der Waals surface area (Å²) >= 11 is 0. The largest absolute Gasteiger partial charge is 0.391 e. The van der Waals surface area contributed by atoms with Crippen LogP contribution < -0.4 is 4.90 Å². The van der Waals surface area contributed by atoms with Crippen LogP contribution in [-0.4, -0.2) is 54.2 Å². The zero-order chi connectivity index (χ0) is 23.5. The first kappa shape index (κ1) is 21.7. The van der Waals surface area contributed by atoms with E-state index in [4.69, 9.17) is 9.97 Å². The van der Waals surface area contributed by atoms with Gasteiger partial charge in [-0.3, -0.25) is 4.98 Å². The van der Waals surface area contributed by atoms with Crippen molar-refractivity contribution >= 4 is 5.95 Å². The van der Waals surface area contributed by atoms with Crippen molar-refractivity contribution in [3.05, 3.63) is 71.7 Å². The minimum Gasteiger partial charge on any atom is -0.391 e. The Morgan fingerprint density at radius 2 is 1.85 bits per heavy atom. The number of hydrogen-bond donors (Lipinski definition) is 1. The summed E-state index contributed by atoms with van der Waals surface area (Å²) in [6.45, 7) is 3.74. The lowest BCUT2D eigenvalue weighted by Gasteiger charge is -2.17. The number of nitriles is 1. The van der Waals surface area contributed by atoms with Gasteiger partial charge in [0.2, 0.25) is 5.95 Å². The normalized spacial score (nSPS) is 15.4. The first-order valence-corrected chi connectivity index (χ1v) is 11.3. The molecule has 0 amide bonds. The number of hydrogen-bond acceptors (Lipinski definition) is 8. The van der Waals surface area contributed by atoms with Crippen LogP contribution in [0.1, 0.15) is 30.3 Å². The highest BCUT2D eigenvalue weighted by atomic mass is 16.3. The molecule has 1 saturated heterocycles. The van der Waals surface area contributed by atoms with Crippen LogP contribution in [-0.2, 0) is 13.0 Å². The van der Waals surface area contributed by atoms with Gasteiger partial charge in [-0.05, 0) is 43.2 Å². The third-order valence-electron chi connectivity index (χ3n) is 5.80. The van der Waals surface area contributed by atoms with E-state index in [1.165, 1.54) is 0 Å². The lowest BCUT2D eigenvalue weighted by atomic mass is 10.1. The molecule has 0 aliphatic carbocycles. The Morgan fingerprint density at radius 1 is 1.03 bits per heavy atom. The monoisotopic (exact) mass is 452 g/mol. The number of aliphatic hydroxyl groups excluding tert-OH is 1. The van der Waals surface area contributed by atoms with Crippen molar-refractivity contribution in [1.82, 2.24) is 29.9 Å². The molecular weight excluding hydrogens is 428 g/mol. The maximum absolute atomic E-state index is 10.0. The van der Waals surface area contributed by atoms with Crippen molar-refractivity contribution in [2.75, 3.05) is 18.0 Å². The zero-order valence-electron chi connectivity index (χ0n) is 18.8. The fraction of sp³-hybridized carbons (Fsp3) is 0.280. The molecule has 0 unspecified atom stereocenters. The molecule has 1 aliphatic rings. The van der Waals surface area contributed by atoms with Gasteiger partial charge < -0.3 is 10.0 Å². The SMILES string of the molecule is CCc1cccc(Cn2cc(-c3cc(-c4cccc(C#N)c4)nc(N4CC[C@@H](O)C4)n3)nn2)n1. The summed E-state index contributed by atoms with van der Waals surface area (Å²) in [5, 5.41) is 28.0. The standard InChI is InChI=1S/C25H24N8O/c1-2-19-7-4-8-20(27-19)14-33-16-24(30-31-33)23-12-22(18-6-3-5-17(11-18)13-26)28-25(29-23)32-10-9-21(34)15-32/h3-8,11-12,16,21,34H,2,9-10,14-15H2,1H3/t21-/m1/s1. The highest BCUT2D eigenvalue weighted by molar-refractivity contribution is 5.68. The number of pyridine rings is 1. The second kappa shape index (κ2) is 9.37. The number of rotatable bonds is 6. The fourth-order valence-corrected chi connectivity index (χ4v) is 4.00. The van der Waals surface area contributed by atoms with Gasteiger partial charge in [-0.15, -0.1) is 5.10 Å².